The third-order valence-corrected chi connectivity index (χ3v) is 6.34. The molecule has 1 aromatic carbocycles. The first-order valence-electron chi connectivity index (χ1n) is 8.44. The molecule has 0 N–H and O–H groups in total. The maximum atomic E-state index is 12.6. The summed E-state index contributed by atoms with van der Waals surface area (Å²) in [6.07, 6.45) is 3.23. The van der Waals surface area contributed by atoms with Gasteiger partial charge in [0.15, 0.2) is 5.16 Å². The van der Waals surface area contributed by atoms with E-state index in [-0.39, 0.29) is 0 Å². The van der Waals surface area contributed by atoms with Crippen molar-refractivity contribution in [2.24, 2.45) is 4.40 Å². The predicted molar refractivity (Wildman–Crippen MR) is 122 cm³/mol. The molecule has 146 valence electrons. The van der Waals surface area contributed by atoms with Gasteiger partial charge in [-0.2, -0.15) is 9.38 Å². The zero-order valence-corrected chi connectivity index (χ0v) is 19.9. The van der Waals surface area contributed by atoms with Crippen LogP contribution in [-0.2, 0) is 17.4 Å². The van der Waals surface area contributed by atoms with Gasteiger partial charge in [0.05, 0.1) is 17.6 Å². The molecule has 0 unspecified atom stereocenters. The van der Waals surface area contributed by atoms with Gasteiger partial charge in [-0.3, -0.25) is 0 Å². The first-order chi connectivity index (χ1) is 12.7. The van der Waals surface area contributed by atoms with Crippen molar-refractivity contribution in [3.8, 4) is 5.88 Å². The maximum absolute atomic E-state index is 12.6. The Balaban J connectivity index is 2.31. The van der Waals surface area contributed by atoms with Crippen LogP contribution in [-0.4, -0.2) is 38.0 Å². The molecule has 2 aromatic rings. The lowest BCUT2D eigenvalue weighted by Gasteiger charge is -2.15. The van der Waals surface area contributed by atoms with Crippen LogP contribution in [0.2, 0.25) is 0 Å². The Morgan fingerprint density at radius 2 is 1.93 bits per heavy atom. The summed E-state index contributed by atoms with van der Waals surface area (Å²) < 4.78 is 23.2. The summed E-state index contributed by atoms with van der Waals surface area (Å²) in [6.45, 7) is 5.79. The van der Waals surface area contributed by atoms with E-state index >= 15 is 0 Å². The number of thioether (sulfide) groups is 1. The third kappa shape index (κ3) is 6.83. The van der Waals surface area contributed by atoms with Gasteiger partial charge < -0.3 is 4.74 Å². The summed E-state index contributed by atoms with van der Waals surface area (Å²) >= 11 is 3.75. The summed E-state index contributed by atoms with van der Waals surface area (Å²) in [5.41, 5.74) is 2.69. The smallest absolute Gasteiger partial charge is 0.217 e. The Bertz CT molecular complexity index is 812. The van der Waals surface area contributed by atoms with Gasteiger partial charge in [-0.25, -0.2) is 9.19 Å². The highest BCUT2D eigenvalue weighted by atomic mass is 127. The van der Waals surface area contributed by atoms with Gasteiger partial charge in [0, 0.05) is 15.3 Å². The molecule has 0 saturated heterocycles. The van der Waals surface area contributed by atoms with E-state index in [1.54, 1.807) is 7.11 Å². The fraction of sp³-hybridized carbons (Fsp3) is 0.421. The van der Waals surface area contributed by atoms with Gasteiger partial charge in [-0.05, 0) is 80.2 Å². The number of hydrogen-bond donors (Lipinski definition) is 0. The monoisotopic (exact) mass is 517 g/mol. The van der Waals surface area contributed by atoms with Gasteiger partial charge in [-0.15, -0.1) is 0 Å². The molecule has 0 spiro atoms. The molecule has 8 heteroatoms. The SMILES string of the molecule is COc1cc(CC/C(=N/[S@](=O)C(C)(C)C)c2ccc(I)cc2)nc(SC)n1. The zero-order valence-electron chi connectivity index (χ0n) is 16.2. The van der Waals surface area contributed by atoms with E-state index in [9.17, 15) is 4.21 Å². The van der Waals surface area contributed by atoms with Crippen molar-refractivity contribution in [1.29, 1.82) is 0 Å². The average molecular weight is 517 g/mol. The molecule has 0 aliphatic carbocycles. The van der Waals surface area contributed by atoms with Gasteiger partial charge in [0.25, 0.3) is 0 Å². The Kier molecular flexibility index (Phi) is 8.23. The van der Waals surface area contributed by atoms with Gasteiger partial charge in [-0.1, -0.05) is 23.9 Å². The Morgan fingerprint density at radius 1 is 1.26 bits per heavy atom. The van der Waals surface area contributed by atoms with Crippen molar-refractivity contribution in [3.63, 3.8) is 0 Å². The van der Waals surface area contributed by atoms with E-state index in [0.717, 1.165) is 20.5 Å². The molecule has 0 aliphatic heterocycles. The maximum Gasteiger partial charge on any atom is 0.217 e. The van der Waals surface area contributed by atoms with E-state index < -0.39 is 15.7 Å². The van der Waals surface area contributed by atoms with Crippen LogP contribution in [0.15, 0.2) is 39.9 Å². The van der Waals surface area contributed by atoms with Crippen LogP contribution in [0, 0.1) is 3.57 Å². The van der Waals surface area contributed by atoms with Gasteiger partial charge in [0.1, 0.15) is 11.0 Å². The highest BCUT2D eigenvalue weighted by Gasteiger charge is 2.20. The van der Waals surface area contributed by atoms with Crippen molar-refractivity contribution in [2.75, 3.05) is 13.4 Å². The summed E-state index contributed by atoms with van der Waals surface area (Å²) in [6, 6.07) is 9.95. The van der Waals surface area contributed by atoms with Crippen LogP contribution in [0.1, 0.15) is 38.4 Å². The normalized spacial score (nSPS) is 13.5. The van der Waals surface area contributed by atoms with Crippen molar-refractivity contribution in [1.82, 2.24) is 9.97 Å². The molecule has 27 heavy (non-hydrogen) atoms. The molecule has 1 aromatic heterocycles. The van der Waals surface area contributed by atoms with E-state index in [2.05, 4.69) is 37.0 Å². The number of methoxy groups -OCH3 is 1. The van der Waals surface area contributed by atoms with Gasteiger partial charge in [0.2, 0.25) is 5.88 Å². The van der Waals surface area contributed by atoms with E-state index in [1.807, 2.05) is 57.4 Å². The summed E-state index contributed by atoms with van der Waals surface area (Å²) in [4.78, 5) is 8.84. The van der Waals surface area contributed by atoms with Crippen LogP contribution in [0.5, 0.6) is 5.88 Å². The highest BCUT2D eigenvalue weighted by molar-refractivity contribution is 14.1. The Labute approximate surface area is 181 Å². The lowest BCUT2D eigenvalue weighted by molar-refractivity contribution is 0.391. The molecular weight excluding hydrogens is 493 g/mol. The molecule has 0 bridgehead atoms. The Hall–Kier alpha value is -1.00. The number of ether oxygens (including phenoxy) is 1. The Morgan fingerprint density at radius 3 is 2.48 bits per heavy atom. The molecule has 1 atom stereocenters. The number of aromatic nitrogens is 2. The lowest BCUT2D eigenvalue weighted by Crippen LogP contribution is -2.21. The van der Waals surface area contributed by atoms with Gasteiger partial charge >= 0.3 is 0 Å². The second-order valence-electron chi connectivity index (χ2n) is 6.79. The van der Waals surface area contributed by atoms with Crippen LogP contribution in [0.25, 0.3) is 0 Å². The number of aryl methyl sites for hydroxylation is 1. The minimum atomic E-state index is -1.32. The second-order valence-corrected chi connectivity index (χ2v) is 10.7. The molecule has 0 aliphatic rings. The molecule has 0 fully saturated rings. The summed E-state index contributed by atoms with van der Waals surface area (Å²) in [5, 5.41) is 0.676. The molecule has 5 nitrogen and oxygen atoms in total. The number of nitrogens with zero attached hydrogens (tertiary/aromatic N) is 3. The molecule has 0 saturated carbocycles. The minimum Gasteiger partial charge on any atom is -0.481 e. The molecule has 2 rings (SSSR count). The van der Waals surface area contributed by atoms with E-state index in [0.29, 0.717) is 23.9 Å². The fourth-order valence-electron chi connectivity index (χ4n) is 2.14. The molecular formula is C19H24IN3O2S2. The second kappa shape index (κ2) is 9.97. The fourth-order valence-corrected chi connectivity index (χ4v) is 3.56. The van der Waals surface area contributed by atoms with Crippen LogP contribution >= 0.6 is 34.4 Å². The van der Waals surface area contributed by atoms with Crippen molar-refractivity contribution < 1.29 is 8.95 Å². The summed E-state index contributed by atoms with van der Waals surface area (Å²) in [7, 11) is 0.280. The first kappa shape index (κ1) is 22.3. The molecule has 1 heterocycles. The van der Waals surface area contributed by atoms with Crippen molar-refractivity contribution in [2.45, 2.75) is 43.5 Å². The molecule has 0 radical (unpaired) electrons. The van der Waals surface area contributed by atoms with Crippen LogP contribution in [0.4, 0.5) is 0 Å². The minimum absolute atomic E-state index is 0.404. The van der Waals surface area contributed by atoms with Crippen molar-refractivity contribution in [3.05, 3.63) is 45.2 Å². The highest BCUT2D eigenvalue weighted by Crippen LogP contribution is 2.20. The lowest BCUT2D eigenvalue weighted by atomic mass is 10.0. The average Bonchev–Trinajstić information content (AvgIpc) is 2.64. The number of rotatable bonds is 7. The quantitative estimate of drug-likeness (QED) is 0.231. The standard InChI is InChI=1S/C19H24IN3O2S2/c1-19(2,3)27(24)23-16(13-6-8-14(20)9-7-13)11-10-15-12-17(25-4)22-18(21-15)26-5/h6-9,12H,10-11H2,1-5H3/b23-16-/t27-/m1/s1. The third-order valence-electron chi connectivity index (χ3n) is 3.64. The molecule has 0 amide bonds. The van der Waals surface area contributed by atoms with Crippen LogP contribution in [0.3, 0.4) is 0 Å². The zero-order chi connectivity index (χ0) is 20.0. The van der Waals surface area contributed by atoms with Crippen LogP contribution < -0.4 is 4.74 Å². The van der Waals surface area contributed by atoms with E-state index in [1.165, 1.54) is 11.8 Å². The predicted octanol–water partition coefficient (Wildman–Crippen LogP) is 4.70. The summed E-state index contributed by atoms with van der Waals surface area (Å²) in [5.74, 6) is 0.551. The largest absolute Gasteiger partial charge is 0.481 e. The number of halogens is 1. The van der Waals surface area contributed by atoms with E-state index in [4.69, 9.17) is 4.74 Å². The van der Waals surface area contributed by atoms with Crippen molar-refractivity contribution >= 4 is 51.1 Å². The topological polar surface area (TPSA) is 64.4 Å². The number of hydrogen-bond acceptors (Lipinski definition) is 5. The number of benzene rings is 1. The first-order valence-corrected chi connectivity index (χ1v) is 11.9.